The number of amides is 1. The maximum Gasteiger partial charge on any atom is 0.226 e. The quantitative estimate of drug-likeness (QED) is 0.665. The molecule has 1 fully saturated rings. The van der Waals surface area contributed by atoms with Gasteiger partial charge in [-0.15, -0.1) is 0 Å². The topological polar surface area (TPSA) is 29.1 Å². The van der Waals surface area contributed by atoms with Gasteiger partial charge in [-0.25, -0.2) is 0 Å². The number of nitrogens with one attached hydrogen (secondary N) is 1. The van der Waals surface area contributed by atoms with E-state index < -0.39 is 0 Å². The molecule has 0 bridgehead atoms. The second-order valence-electron chi connectivity index (χ2n) is 5.68. The van der Waals surface area contributed by atoms with E-state index in [1.807, 2.05) is 0 Å². The van der Waals surface area contributed by atoms with Crippen molar-refractivity contribution in [2.75, 3.05) is 11.9 Å². The molecule has 1 amide bonds. The fourth-order valence-electron chi connectivity index (χ4n) is 3.13. The van der Waals surface area contributed by atoms with Crippen LogP contribution in [0.25, 0.3) is 0 Å². The van der Waals surface area contributed by atoms with Crippen molar-refractivity contribution < 1.29 is 4.79 Å². The summed E-state index contributed by atoms with van der Waals surface area (Å²) in [6.07, 6.45) is 9.20. The zero-order valence-corrected chi connectivity index (χ0v) is 13.5. The summed E-state index contributed by atoms with van der Waals surface area (Å²) in [6, 6.07) is 0. The molecule has 18 heavy (non-hydrogen) atoms. The first-order valence-electron chi connectivity index (χ1n) is 7.52. The highest BCUT2D eigenvalue weighted by Gasteiger charge is 2.39. The van der Waals surface area contributed by atoms with E-state index in [0.717, 1.165) is 37.6 Å². The molecule has 1 saturated carbocycles. The van der Waals surface area contributed by atoms with E-state index in [1.54, 1.807) is 0 Å². The van der Waals surface area contributed by atoms with Crippen LogP contribution in [0.15, 0.2) is 0 Å². The van der Waals surface area contributed by atoms with Crippen LogP contribution in [0, 0.1) is 11.3 Å². The maximum atomic E-state index is 12.4. The zero-order chi connectivity index (χ0) is 13.4. The number of rotatable bonds is 8. The van der Waals surface area contributed by atoms with Crippen molar-refractivity contribution >= 4 is 21.8 Å². The highest BCUT2D eigenvalue weighted by molar-refractivity contribution is 9.09. The van der Waals surface area contributed by atoms with Crippen molar-refractivity contribution in [3.63, 3.8) is 0 Å². The third-order valence-electron chi connectivity index (χ3n) is 4.48. The zero-order valence-electron chi connectivity index (χ0n) is 11.9. The molecular weight excluding hydrogens is 290 g/mol. The van der Waals surface area contributed by atoms with Gasteiger partial charge in [0.1, 0.15) is 0 Å². The molecule has 1 aliphatic carbocycles. The first kappa shape index (κ1) is 16.0. The molecule has 3 heteroatoms. The third-order valence-corrected chi connectivity index (χ3v) is 4.94. The van der Waals surface area contributed by atoms with E-state index in [1.165, 1.54) is 25.7 Å². The molecule has 0 aromatic heterocycles. The number of alkyl halides is 1. The van der Waals surface area contributed by atoms with E-state index in [4.69, 9.17) is 0 Å². The van der Waals surface area contributed by atoms with Crippen LogP contribution in [0.3, 0.4) is 0 Å². The molecule has 0 saturated heterocycles. The minimum atomic E-state index is -0.0365. The summed E-state index contributed by atoms with van der Waals surface area (Å²) in [5, 5.41) is 4.26. The van der Waals surface area contributed by atoms with E-state index in [2.05, 4.69) is 35.1 Å². The van der Waals surface area contributed by atoms with Gasteiger partial charge >= 0.3 is 0 Å². The normalized spacial score (nSPS) is 19.7. The van der Waals surface area contributed by atoms with Crippen LogP contribution in [0.4, 0.5) is 0 Å². The van der Waals surface area contributed by atoms with E-state index in [-0.39, 0.29) is 5.41 Å². The van der Waals surface area contributed by atoms with Crippen molar-refractivity contribution in [3.8, 4) is 0 Å². The Labute approximate surface area is 120 Å². The largest absolute Gasteiger partial charge is 0.355 e. The predicted molar refractivity (Wildman–Crippen MR) is 81.0 cm³/mol. The second-order valence-corrected chi connectivity index (χ2v) is 6.48. The summed E-state index contributed by atoms with van der Waals surface area (Å²) in [5.41, 5.74) is -0.0365. The van der Waals surface area contributed by atoms with Gasteiger partial charge in [-0.2, -0.15) is 0 Å². The number of carbonyl (C=O) groups is 1. The summed E-state index contributed by atoms with van der Waals surface area (Å²) in [5.74, 6) is 0.951. The summed E-state index contributed by atoms with van der Waals surface area (Å²) >= 11 is 3.50. The van der Waals surface area contributed by atoms with Gasteiger partial charge in [0.2, 0.25) is 5.91 Å². The van der Waals surface area contributed by atoms with Gasteiger partial charge in [0, 0.05) is 17.3 Å². The van der Waals surface area contributed by atoms with Crippen LogP contribution in [0.2, 0.25) is 0 Å². The molecule has 2 nitrogen and oxygen atoms in total. The number of hydrogen-bond donors (Lipinski definition) is 1. The predicted octanol–water partition coefficient (Wildman–Crippen LogP) is 4.27. The number of hydrogen-bond acceptors (Lipinski definition) is 1. The number of carbonyl (C=O) groups excluding carboxylic acids is 1. The summed E-state index contributed by atoms with van der Waals surface area (Å²) in [4.78, 5) is 12.4. The molecule has 1 aliphatic rings. The molecule has 1 atom stereocenters. The average molecular weight is 318 g/mol. The lowest BCUT2D eigenvalue weighted by Gasteiger charge is -2.27. The molecule has 0 radical (unpaired) electrons. The molecule has 1 N–H and O–H groups in total. The van der Waals surface area contributed by atoms with Crippen LogP contribution in [-0.2, 0) is 4.79 Å². The minimum Gasteiger partial charge on any atom is -0.355 e. The van der Waals surface area contributed by atoms with Gasteiger partial charge in [0.15, 0.2) is 0 Å². The van der Waals surface area contributed by atoms with Crippen LogP contribution in [-0.4, -0.2) is 17.8 Å². The van der Waals surface area contributed by atoms with Crippen molar-refractivity contribution in [2.24, 2.45) is 11.3 Å². The summed E-state index contributed by atoms with van der Waals surface area (Å²) < 4.78 is 0. The maximum absolute atomic E-state index is 12.4. The van der Waals surface area contributed by atoms with Gasteiger partial charge in [-0.3, -0.25) is 4.79 Å². The second kappa shape index (κ2) is 8.19. The Bertz CT molecular complexity index is 243. The Kier molecular flexibility index (Phi) is 7.28. The van der Waals surface area contributed by atoms with Gasteiger partial charge < -0.3 is 5.32 Å². The lowest BCUT2D eigenvalue weighted by atomic mass is 9.82. The smallest absolute Gasteiger partial charge is 0.226 e. The van der Waals surface area contributed by atoms with Gasteiger partial charge in [0.25, 0.3) is 0 Å². The first-order valence-corrected chi connectivity index (χ1v) is 8.65. The Hall–Kier alpha value is -0.0500. The van der Waals surface area contributed by atoms with Crippen molar-refractivity contribution in [2.45, 2.75) is 65.2 Å². The summed E-state index contributed by atoms with van der Waals surface area (Å²) in [7, 11) is 0. The minimum absolute atomic E-state index is 0.0365. The highest BCUT2D eigenvalue weighted by Crippen LogP contribution is 2.41. The first-order chi connectivity index (χ1) is 8.68. The molecule has 0 spiro atoms. The molecule has 106 valence electrons. The van der Waals surface area contributed by atoms with E-state index in [0.29, 0.717) is 11.8 Å². The third kappa shape index (κ3) is 4.25. The molecule has 0 aliphatic heterocycles. The molecule has 0 aromatic carbocycles. The average Bonchev–Trinajstić information content (AvgIpc) is 2.86. The lowest BCUT2D eigenvalue weighted by molar-refractivity contribution is -0.131. The van der Waals surface area contributed by atoms with Crippen molar-refractivity contribution in [1.82, 2.24) is 5.32 Å². The van der Waals surface area contributed by atoms with Crippen LogP contribution in [0.5, 0.6) is 0 Å². The molecule has 0 aromatic rings. The molecule has 1 rings (SSSR count). The van der Waals surface area contributed by atoms with Gasteiger partial charge in [-0.05, 0) is 38.0 Å². The van der Waals surface area contributed by atoms with Gasteiger partial charge in [0.05, 0.1) is 0 Å². The fraction of sp³-hybridized carbons (Fsp3) is 0.933. The summed E-state index contributed by atoms with van der Waals surface area (Å²) in [6.45, 7) is 5.24. The molecule has 1 unspecified atom stereocenters. The van der Waals surface area contributed by atoms with Crippen molar-refractivity contribution in [3.05, 3.63) is 0 Å². The van der Waals surface area contributed by atoms with E-state index >= 15 is 0 Å². The van der Waals surface area contributed by atoms with Crippen molar-refractivity contribution in [1.29, 1.82) is 0 Å². The number of halogens is 1. The van der Waals surface area contributed by atoms with Gasteiger partial charge in [-0.1, -0.05) is 49.0 Å². The fourth-order valence-corrected chi connectivity index (χ4v) is 3.78. The van der Waals surface area contributed by atoms with Crippen LogP contribution < -0.4 is 5.32 Å². The standard InChI is InChI=1S/C15H28BrNO/c1-3-7-13(8-11-16)12-17-14(18)15(4-2)9-5-6-10-15/h13H,3-12H2,1-2H3,(H,17,18). The van der Waals surface area contributed by atoms with Crippen LogP contribution in [0.1, 0.15) is 65.2 Å². The highest BCUT2D eigenvalue weighted by atomic mass is 79.9. The Morgan fingerprint density at radius 3 is 2.44 bits per heavy atom. The van der Waals surface area contributed by atoms with Crippen LogP contribution >= 0.6 is 15.9 Å². The molecule has 0 heterocycles. The Morgan fingerprint density at radius 2 is 1.94 bits per heavy atom. The molecular formula is C15H28BrNO. The Morgan fingerprint density at radius 1 is 1.28 bits per heavy atom. The lowest BCUT2D eigenvalue weighted by Crippen LogP contribution is -2.41. The Balaban J connectivity index is 2.42. The van der Waals surface area contributed by atoms with E-state index in [9.17, 15) is 4.79 Å². The monoisotopic (exact) mass is 317 g/mol. The SMILES string of the molecule is CCCC(CCBr)CNC(=O)C1(CC)CCCC1.